The summed E-state index contributed by atoms with van der Waals surface area (Å²) in [5.74, 6) is 0.482. The van der Waals surface area contributed by atoms with E-state index in [1.54, 1.807) is 14.0 Å². The molecule has 1 aliphatic heterocycles. The standard InChI is InChI=1S/C21H33N3O3S/c1-5-23(17-12-24(13-17)15(3)25)11-16-8-6-7-14(2)21(16,27-4)19-10-9-18(28-19)20(22)26/h9-10,14,16-17H,5-8,11-13H2,1-4H3,(H2,22,26). The van der Waals surface area contributed by atoms with Crippen LogP contribution in [-0.4, -0.2) is 60.9 Å². The molecule has 28 heavy (non-hydrogen) atoms. The molecule has 3 unspecified atom stereocenters. The second kappa shape index (κ2) is 8.51. The molecule has 6 nitrogen and oxygen atoms in total. The van der Waals surface area contributed by atoms with Crippen LogP contribution in [-0.2, 0) is 15.1 Å². The Bertz CT molecular complexity index is 716. The number of likely N-dealkylation sites (tertiary alicyclic amines) is 1. The zero-order valence-electron chi connectivity index (χ0n) is 17.4. The summed E-state index contributed by atoms with van der Waals surface area (Å²) < 4.78 is 6.29. The second-order valence-electron chi connectivity index (χ2n) is 8.22. The van der Waals surface area contributed by atoms with E-state index in [0.29, 0.717) is 22.8 Å². The average molecular weight is 408 g/mol. The Kier molecular flexibility index (Phi) is 6.47. The van der Waals surface area contributed by atoms with E-state index in [0.717, 1.165) is 43.9 Å². The number of primary amides is 1. The average Bonchev–Trinajstić information content (AvgIpc) is 3.10. The third-order valence-electron chi connectivity index (χ3n) is 6.79. The molecule has 2 amide bonds. The molecule has 1 aromatic heterocycles. The molecule has 3 rings (SSSR count). The lowest BCUT2D eigenvalue weighted by Gasteiger charge is -2.51. The molecule has 2 aliphatic rings. The van der Waals surface area contributed by atoms with Gasteiger partial charge in [-0.25, -0.2) is 0 Å². The van der Waals surface area contributed by atoms with Gasteiger partial charge in [0.2, 0.25) is 5.91 Å². The zero-order chi connectivity index (χ0) is 20.5. The van der Waals surface area contributed by atoms with Crippen molar-refractivity contribution in [2.75, 3.05) is 33.3 Å². The van der Waals surface area contributed by atoms with Crippen LogP contribution >= 0.6 is 11.3 Å². The number of rotatable bonds is 7. The maximum atomic E-state index is 11.6. The number of carbonyl (C=O) groups is 2. The Labute approximate surface area is 172 Å². The van der Waals surface area contributed by atoms with Crippen LogP contribution in [0.5, 0.6) is 0 Å². The van der Waals surface area contributed by atoms with Gasteiger partial charge in [-0.05, 0) is 37.4 Å². The molecular formula is C21H33N3O3S. The highest BCUT2D eigenvalue weighted by Crippen LogP contribution is 2.50. The summed E-state index contributed by atoms with van der Waals surface area (Å²) in [6.45, 7) is 9.61. The van der Waals surface area contributed by atoms with Gasteiger partial charge in [0.05, 0.1) is 4.88 Å². The second-order valence-corrected chi connectivity index (χ2v) is 9.30. The molecule has 2 N–H and O–H groups in total. The highest BCUT2D eigenvalue weighted by Gasteiger charge is 2.49. The smallest absolute Gasteiger partial charge is 0.258 e. The number of methoxy groups -OCH3 is 1. The van der Waals surface area contributed by atoms with Crippen LogP contribution in [0.3, 0.4) is 0 Å². The van der Waals surface area contributed by atoms with Crippen molar-refractivity contribution in [3.8, 4) is 0 Å². The largest absolute Gasteiger partial charge is 0.372 e. The number of hydrogen-bond donors (Lipinski definition) is 1. The molecule has 1 aromatic rings. The molecule has 0 radical (unpaired) electrons. The SMILES string of the molecule is CCN(CC1CCCC(C)C1(OC)c1ccc(C(N)=O)s1)C1CN(C(C)=O)C1. The fourth-order valence-electron chi connectivity index (χ4n) is 5.08. The molecule has 3 atom stereocenters. The Morgan fingerprint density at radius 2 is 2.07 bits per heavy atom. The van der Waals surface area contributed by atoms with Gasteiger partial charge in [-0.2, -0.15) is 0 Å². The summed E-state index contributed by atoms with van der Waals surface area (Å²) in [5.41, 5.74) is 5.11. The predicted molar refractivity (Wildman–Crippen MR) is 111 cm³/mol. The van der Waals surface area contributed by atoms with E-state index in [9.17, 15) is 9.59 Å². The number of hydrogen-bond acceptors (Lipinski definition) is 5. The van der Waals surface area contributed by atoms with Gasteiger partial charge < -0.3 is 15.4 Å². The van der Waals surface area contributed by atoms with Crippen molar-refractivity contribution >= 4 is 23.2 Å². The van der Waals surface area contributed by atoms with Crippen LogP contribution in [0.4, 0.5) is 0 Å². The van der Waals surface area contributed by atoms with Crippen LogP contribution in [0.15, 0.2) is 12.1 Å². The van der Waals surface area contributed by atoms with Crippen LogP contribution in [0, 0.1) is 11.8 Å². The molecule has 1 saturated heterocycles. The Morgan fingerprint density at radius 3 is 2.61 bits per heavy atom. The van der Waals surface area contributed by atoms with Crippen LogP contribution in [0.2, 0.25) is 0 Å². The number of carbonyl (C=O) groups excluding carboxylic acids is 2. The molecule has 0 aromatic carbocycles. The van der Waals surface area contributed by atoms with E-state index >= 15 is 0 Å². The molecule has 1 saturated carbocycles. The quantitative estimate of drug-likeness (QED) is 0.754. The molecular weight excluding hydrogens is 374 g/mol. The van der Waals surface area contributed by atoms with Crippen molar-refractivity contribution < 1.29 is 14.3 Å². The minimum Gasteiger partial charge on any atom is -0.372 e. The molecule has 2 heterocycles. The summed E-state index contributed by atoms with van der Waals surface area (Å²) in [6.07, 6.45) is 3.40. The first-order valence-electron chi connectivity index (χ1n) is 10.3. The Balaban J connectivity index is 1.84. The summed E-state index contributed by atoms with van der Waals surface area (Å²) in [7, 11) is 1.80. The van der Waals surface area contributed by atoms with Crippen LogP contribution < -0.4 is 5.73 Å². The summed E-state index contributed by atoms with van der Waals surface area (Å²) in [4.78, 5) is 29.3. The summed E-state index contributed by atoms with van der Waals surface area (Å²) in [6, 6.07) is 4.28. The van der Waals surface area contributed by atoms with Gasteiger partial charge in [-0.3, -0.25) is 14.5 Å². The van der Waals surface area contributed by atoms with E-state index in [2.05, 4.69) is 18.7 Å². The first-order chi connectivity index (χ1) is 13.3. The fourth-order valence-corrected chi connectivity index (χ4v) is 6.30. The topological polar surface area (TPSA) is 75.9 Å². The van der Waals surface area contributed by atoms with E-state index in [-0.39, 0.29) is 11.8 Å². The molecule has 1 aliphatic carbocycles. The van der Waals surface area contributed by atoms with Gasteiger partial charge in [-0.1, -0.05) is 20.3 Å². The number of ether oxygens (including phenoxy) is 1. The number of nitrogens with zero attached hydrogens (tertiary/aromatic N) is 2. The minimum atomic E-state index is -0.395. The van der Waals surface area contributed by atoms with E-state index < -0.39 is 5.60 Å². The molecule has 0 spiro atoms. The van der Waals surface area contributed by atoms with Gasteiger partial charge in [0.1, 0.15) is 5.60 Å². The van der Waals surface area contributed by atoms with Crippen molar-refractivity contribution in [3.63, 3.8) is 0 Å². The number of amides is 2. The maximum absolute atomic E-state index is 11.6. The van der Waals surface area contributed by atoms with Crippen LogP contribution in [0.25, 0.3) is 0 Å². The van der Waals surface area contributed by atoms with E-state index in [4.69, 9.17) is 10.5 Å². The molecule has 0 bridgehead atoms. The number of nitrogens with two attached hydrogens (primary N) is 1. The van der Waals surface area contributed by atoms with Crippen LogP contribution in [0.1, 0.15) is 54.6 Å². The summed E-state index contributed by atoms with van der Waals surface area (Å²) in [5, 5.41) is 0. The van der Waals surface area contributed by atoms with E-state index in [1.165, 1.54) is 17.8 Å². The van der Waals surface area contributed by atoms with Gasteiger partial charge in [0, 0.05) is 50.5 Å². The molecule has 2 fully saturated rings. The minimum absolute atomic E-state index is 0.155. The number of thiophene rings is 1. The fraction of sp³-hybridized carbons (Fsp3) is 0.714. The highest BCUT2D eigenvalue weighted by atomic mass is 32.1. The van der Waals surface area contributed by atoms with Gasteiger partial charge in [0.15, 0.2) is 0 Å². The zero-order valence-corrected chi connectivity index (χ0v) is 18.3. The van der Waals surface area contributed by atoms with Crippen molar-refractivity contribution in [2.45, 2.75) is 51.7 Å². The monoisotopic (exact) mass is 407 g/mol. The van der Waals surface area contributed by atoms with Gasteiger partial charge >= 0.3 is 0 Å². The highest BCUT2D eigenvalue weighted by molar-refractivity contribution is 7.14. The first kappa shape index (κ1) is 21.3. The molecule has 7 heteroatoms. The lowest BCUT2D eigenvalue weighted by Crippen LogP contribution is -2.62. The van der Waals surface area contributed by atoms with Crippen molar-refractivity contribution in [3.05, 3.63) is 21.9 Å². The first-order valence-corrected chi connectivity index (χ1v) is 11.1. The van der Waals surface area contributed by atoms with E-state index in [1.807, 2.05) is 17.0 Å². The maximum Gasteiger partial charge on any atom is 0.258 e. The normalized spacial score (nSPS) is 28.4. The van der Waals surface area contributed by atoms with Crippen molar-refractivity contribution in [2.24, 2.45) is 17.6 Å². The lowest BCUT2D eigenvalue weighted by molar-refractivity contribution is -0.143. The number of likely N-dealkylation sites (N-methyl/N-ethyl adjacent to an activating group) is 1. The van der Waals surface area contributed by atoms with Gasteiger partial charge in [0.25, 0.3) is 5.91 Å². The Hall–Kier alpha value is -1.44. The third kappa shape index (κ3) is 3.72. The third-order valence-corrected chi connectivity index (χ3v) is 8.02. The predicted octanol–water partition coefficient (Wildman–Crippen LogP) is 2.68. The lowest BCUT2D eigenvalue weighted by atomic mass is 9.67. The van der Waals surface area contributed by atoms with Crippen molar-refractivity contribution in [1.29, 1.82) is 0 Å². The summed E-state index contributed by atoms with van der Waals surface area (Å²) >= 11 is 1.47. The van der Waals surface area contributed by atoms with Gasteiger partial charge in [-0.15, -0.1) is 11.3 Å². The Morgan fingerprint density at radius 1 is 1.36 bits per heavy atom. The van der Waals surface area contributed by atoms with Crippen molar-refractivity contribution in [1.82, 2.24) is 9.80 Å². The molecule has 156 valence electrons.